The Kier molecular flexibility index (Phi) is 4.18. The summed E-state index contributed by atoms with van der Waals surface area (Å²) in [5.74, 6) is 1.03. The fourth-order valence-corrected chi connectivity index (χ4v) is 2.61. The Morgan fingerprint density at radius 3 is 2.84 bits per heavy atom. The number of nitrogens with zero attached hydrogens (tertiary/aromatic N) is 2. The second-order valence-electron chi connectivity index (χ2n) is 3.71. The lowest BCUT2D eigenvalue weighted by Crippen LogP contribution is -2.23. The molecule has 0 aliphatic heterocycles. The van der Waals surface area contributed by atoms with Gasteiger partial charge in [0.25, 0.3) is 0 Å². The predicted molar refractivity (Wildman–Crippen MR) is 69.2 cm³/mol. The van der Waals surface area contributed by atoms with Crippen molar-refractivity contribution in [2.75, 3.05) is 0 Å². The fourth-order valence-electron chi connectivity index (χ4n) is 1.39. The topological polar surface area (TPSA) is 85.1 Å². The number of rotatable bonds is 5. The van der Waals surface area contributed by atoms with E-state index in [-0.39, 0.29) is 16.6 Å². The first-order valence-corrected chi connectivity index (χ1v) is 7.42. The smallest absolute Gasteiger partial charge is 0.241 e. The van der Waals surface area contributed by atoms with Gasteiger partial charge < -0.3 is 4.42 Å². The van der Waals surface area contributed by atoms with Gasteiger partial charge in [-0.05, 0) is 12.1 Å². The maximum Gasteiger partial charge on any atom is 0.241 e. The molecule has 0 bridgehead atoms. The lowest BCUT2D eigenvalue weighted by atomic mass is 10.4. The molecule has 0 amide bonds. The van der Waals surface area contributed by atoms with Crippen LogP contribution >= 0.6 is 11.6 Å². The maximum atomic E-state index is 12.0. The highest BCUT2D eigenvalue weighted by atomic mass is 35.5. The monoisotopic (exact) mass is 301 g/mol. The zero-order valence-electron chi connectivity index (χ0n) is 10.1. The van der Waals surface area contributed by atoms with E-state index in [0.717, 1.165) is 0 Å². The number of sulfonamides is 1. The molecule has 1 N–H and O–H groups in total. The predicted octanol–water partition coefficient (Wildman–Crippen LogP) is 1.76. The molecule has 102 valence electrons. The quantitative estimate of drug-likeness (QED) is 0.851. The molecule has 0 radical (unpaired) electrons. The van der Waals surface area contributed by atoms with Crippen molar-refractivity contribution in [2.24, 2.45) is 0 Å². The third-order valence-corrected chi connectivity index (χ3v) is 3.98. The van der Waals surface area contributed by atoms with Gasteiger partial charge in [0.15, 0.2) is 0 Å². The molecule has 0 saturated heterocycles. The SMILES string of the molecule is CCc1cnc(CNS(=O)(=O)c2ccnc(Cl)c2)o1. The summed E-state index contributed by atoms with van der Waals surface area (Å²) >= 11 is 5.66. The van der Waals surface area contributed by atoms with Crippen LogP contribution in [0.15, 0.2) is 33.8 Å². The van der Waals surface area contributed by atoms with Crippen LogP contribution in [0.5, 0.6) is 0 Å². The lowest BCUT2D eigenvalue weighted by Gasteiger charge is -2.04. The number of aryl methyl sites for hydroxylation is 1. The van der Waals surface area contributed by atoms with E-state index >= 15 is 0 Å². The van der Waals surface area contributed by atoms with E-state index in [1.165, 1.54) is 18.3 Å². The van der Waals surface area contributed by atoms with Crippen molar-refractivity contribution in [1.82, 2.24) is 14.7 Å². The Morgan fingerprint density at radius 1 is 1.42 bits per heavy atom. The van der Waals surface area contributed by atoms with Gasteiger partial charge >= 0.3 is 0 Å². The highest BCUT2D eigenvalue weighted by molar-refractivity contribution is 7.89. The van der Waals surface area contributed by atoms with Crippen molar-refractivity contribution < 1.29 is 12.8 Å². The summed E-state index contributed by atoms with van der Waals surface area (Å²) in [4.78, 5) is 7.75. The van der Waals surface area contributed by atoms with Crippen molar-refractivity contribution >= 4 is 21.6 Å². The van der Waals surface area contributed by atoms with Crippen molar-refractivity contribution in [1.29, 1.82) is 0 Å². The van der Waals surface area contributed by atoms with Crippen LogP contribution in [0, 0.1) is 0 Å². The Hall–Kier alpha value is -1.44. The third-order valence-electron chi connectivity index (χ3n) is 2.37. The summed E-state index contributed by atoms with van der Waals surface area (Å²) in [6.45, 7) is 1.91. The van der Waals surface area contributed by atoms with E-state index in [0.29, 0.717) is 18.1 Å². The van der Waals surface area contributed by atoms with Crippen LogP contribution < -0.4 is 4.72 Å². The second-order valence-corrected chi connectivity index (χ2v) is 5.87. The third kappa shape index (κ3) is 3.52. The Bertz CT molecular complexity index is 669. The van der Waals surface area contributed by atoms with E-state index in [9.17, 15) is 8.42 Å². The normalized spacial score (nSPS) is 11.7. The molecule has 2 heterocycles. The molecule has 2 rings (SSSR count). The molecule has 0 saturated carbocycles. The largest absolute Gasteiger partial charge is 0.444 e. The van der Waals surface area contributed by atoms with Gasteiger partial charge in [-0.2, -0.15) is 0 Å². The van der Waals surface area contributed by atoms with Crippen molar-refractivity contribution in [3.05, 3.63) is 41.3 Å². The van der Waals surface area contributed by atoms with Gasteiger partial charge in [-0.3, -0.25) is 0 Å². The Morgan fingerprint density at radius 2 is 2.21 bits per heavy atom. The summed E-state index contributed by atoms with van der Waals surface area (Å²) < 4.78 is 31.6. The minimum Gasteiger partial charge on any atom is -0.444 e. The molecular weight excluding hydrogens is 290 g/mol. The summed E-state index contributed by atoms with van der Waals surface area (Å²) in [6.07, 6.45) is 3.61. The molecule has 0 aliphatic rings. The van der Waals surface area contributed by atoms with Crippen molar-refractivity contribution in [3.63, 3.8) is 0 Å². The molecule has 0 aliphatic carbocycles. The summed E-state index contributed by atoms with van der Waals surface area (Å²) in [6, 6.07) is 2.64. The van der Waals surface area contributed by atoms with Gasteiger partial charge in [0.1, 0.15) is 10.9 Å². The Balaban J connectivity index is 2.09. The van der Waals surface area contributed by atoms with Crippen LogP contribution in [0.4, 0.5) is 0 Å². The molecule has 0 aromatic carbocycles. The number of oxazole rings is 1. The number of halogens is 1. The molecule has 0 unspecified atom stereocenters. The van der Waals surface area contributed by atoms with E-state index in [2.05, 4.69) is 14.7 Å². The first-order chi connectivity index (χ1) is 9.01. The highest BCUT2D eigenvalue weighted by Gasteiger charge is 2.15. The number of hydrogen-bond acceptors (Lipinski definition) is 5. The van der Waals surface area contributed by atoms with Gasteiger partial charge in [-0.1, -0.05) is 18.5 Å². The average molecular weight is 302 g/mol. The van der Waals surface area contributed by atoms with E-state index in [1.54, 1.807) is 6.20 Å². The zero-order valence-corrected chi connectivity index (χ0v) is 11.7. The molecule has 8 heteroatoms. The van der Waals surface area contributed by atoms with E-state index in [4.69, 9.17) is 16.0 Å². The van der Waals surface area contributed by atoms with Crippen LogP contribution in [-0.4, -0.2) is 18.4 Å². The molecule has 2 aromatic rings. The lowest BCUT2D eigenvalue weighted by molar-refractivity contribution is 0.452. The van der Waals surface area contributed by atoms with Gasteiger partial charge in [-0.15, -0.1) is 0 Å². The van der Waals surface area contributed by atoms with Gasteiger partial charge in [0.05, 0.1) is 17.6 Å². The van der Waals surface area contributed by atoms with Crippen molar-refractivity contribution in [2.45, 2.75) is 24.8 Å². The van der Waals surface area contributed by atoms with Gasteiger partial charge in [0, 0.05) is 12.6 Å². The summed E-state index contributed by atoms with van der Waals surface area (Å²) in [5.41, 5.74) is 0. The number of nitrogens with one attached hydrogen (secondary N) is 1. The van der Waals surface area contributed by atoms with Crippen LogP contribution in [0.1, 0.15) is 18.6 Å². The maximum absolute atomic E-state index is 12.0. The molecule has 2 aromatic heterocycles. The second kappa shape index (κ2) is 5.68. The molecule has 0 atom stereocenters. The molecular formula is C11H12ClN3O3S. The highest BCUT2D eigenvalue weighted by Crippen LogP contribution is 2.13. The van der Waals surface area contributed by atoms with E-state index in [1.807, 2.05) is 6.92 Å². The molecule has 0 spiro atoms. The number of aromatic nitrogens is 2. The first kappa shape index (κ1) is 14.0. The number of hydrogen-bond donors (Lipinski definition) is 1. The average Bonchev–Trinajstić information content (AvgIpc) is 2.84. The molecule has 0 fully saturated rings. The number of pyridine rings is 1. The fraction of sp³-hybridized carbons (Fsp3) is 0.273. The zero-order chi connectivity index (χ0) is 13.9. The molecule has 19 heavy (non-hydrogen) atoms. The summed E-state index contributed by atoms with van der Waals surface area (Å²) in [5, 5.41) is 0.118. The van der Waals surface area contributed by atoms with Crippen LogP contribution in [0.2, 0.25) is 5.15 Å². The van der Waals surface area contributed by atoms with Crippen LogP contribution in [0.3, 0.4) is 0 Å². The molecule has 6 nitrogen and oxygen atoms in total. The van der Waals surface area contributed by atoms with Crippen LogP contribution in [0.25, 0.3) is 0 Å². The van der Waals surface area contributed by atoms with Crippen molar-refractivity contribution in [3.8, 4) is 0 Å². The minimum absolute atomic E-state index is 0.0116. The summed E-state index contributed by atoms with van der Waals surface area (Å²) in [7, 11) is -3.65. The Labute approximate surface area is 115 Å². The van der Waals surface area contributed by atoms with Gasteiger partial charge in [0.2, 0.25) is 15.9 Å². The first-order valence-electron chi connectivity index (χ1n) is 5.56. The minimum atomic E-state index is -3.65. The standard InChI is InChI=1S/C11H12ClN3O3S/c1-2-8-6-14-11(18-8)7-15-19(16,17)9-3-4-13-10(12)5-9/h3-6,15H,2,7H2,1H3. The van der Waals surface area contributed by atoms with Crippen LogP contribution in [-0.2, 0) is 23.0 Å². The van der Waals surface area contributed by atoms with E-state index < -0.39 is 10.0 Å². The van der Waals surface area contributed by atoms with Gasteiger partial charge in [-0.25, -0.2) is 23.1 Å².